The summed E-state index contributed by atoms with van der Waals surface area (Å²) in [6.45, 7) is 12.6. The highest BCUT2D eigenvalue weighted by Gasteiger charge is 2.20. The molecule has 2 heteroatoms. The van der Waals surface area contributed by atoms with Crippen LogP contribution in [0.5, 0.6) is 0 Å². The number of pyridine rings is 1. The van der Waals surface area contributed by atoms with E-state index in [1.165, 1.54) is 5.56 Å². The summed E-state index contributed by atoms with van der Waals surface area (Å²) in [6, 6.07) is 6.01. The summed E-state index contributed by atoms with van der Waals surface area (Å²) >= 11 is 0. The van der Waals surface area contributed by atoms with Crippen LogP contribution in [0.15, 0.2) is 23.0 Å². The topological polar surface area (TPSA) is 32.9 Å². The standard InChI is InChI=1S/C17H23NO/c1-10(2)14-11(3)18-15-12(16(14)19)8-7-9-13(15)17(4,5)6/h7-10H,1-6H3,(H,18,19). The lowest BCUT2D eigenvalue weighted by atomic mass is 9.85. The minimum absolute atomic E-state index is 0.0221. The largest absolute Gasteiger partial charge is 0.358 e. The van der Waals surface area contributed by atoms with Crippen molar-refractivity contribution >= 4 is 10.9 Å². The first-order valence-electron chi connectivity index (χ1n) is 6.89. The summed E-state index contributed by atoms with van der Waals surface area (Å²) in [6.07, 6.45) is 0. The van der Waals surface area contributed by atoms with E-state index in [-0.39, 0.29) is 16.8 Å². The Morgan fingerprint density at radius 2 is 1.79 bits per heavy atom. The molecule has 1 aromatic carbocycles. The molecular weight excluding hydrogens is 234 g/mol. The Morgan fingerprint density at radius 1 is 1.16 bits per heavy atom. The molecular formula is C17H23NO. The molecule has 0 aliphatic rings. The minimum atomic E-state index is 0.0221. The molecule has 0 bridgehead atoms. The van der Waals surface area contributed by atoms with Gasteiger partial charge in [0.15, 0.2) is 5.43 Å². The molecule has 0 aliphatic carbocycles. The molecule has 19 heavy (non-hydrogen) atoms. The Hall–Kier alpha value is -1.57. The van der Waals surface area contributed by atoms with E-state index in [1.807, 2.05) is 19.1 Å². The van der Waals surface area contributed by atoms with Crippen LogP contribution < -0.4 is 5.43 Å². The van der Waals surface area contributed by atoms with Crippen LogP contribution in [0.4, 0.5) is 0 Å². The molecule has 0 saturated heterocycles. The van der Waals surface area contributed by atoms with E-state index >= 15 is 0 Å². The molecule has 2 rings (SSSR count). The first-order chi connectivity index (χ1) is 8.73. The lowest BCUT2D eigenvalue weighted by molar-refractivity contribution is 0.594. The fourth-order valence-corrected chi connectivity index (χ4v) is 2.77. The number of hydrogen-bond donors (Lipinski definition) is 1. The Labute approximate surface area is 114 Å². The molecule has 0 spiro atoms. The molecule has 1 heterocycles. The highest BCUT2D eigenvalue weighted by atomic mass is 16.1. The molecule has 1 aromatic heterocycles. The first-order valence-corrected chi connectivity index (χ1v) is 6.89. The molecule has 0 amide bonds. The van der Waals surface area contributed by atoms with E-state index in [0.29, 0.717) is 0 Å². The second-order valence-electron chi connectivity index (χ2n) is 6.63. The fourth-order valence-electron chi connectivity index (χ4n) is 2.77. The average molecular weight is 257 g/mol. The molecule has 0 aliphatic heterocycles. The quantitative estimate of drug-likeness (QED) is 0.813. The van der Waals surface area contributed by atoms with E-state index in [1.54, 1.807) is 0 Å². The van der Waals surface area contributed by atoms with Crippen molar-refractivity contribution in [1.29, 1.82) is 0 Å². The van der Waals surface area contributed by atoms with Crippen molar-refractivity contribution in [2.24, 2.45) is 0 Å². The zero-order chi connectivity index (χ0) is 14.4. The maximum absolute atomic E-state index is 12.6. The minimum Gasteiger partial charge on any atom is -0.358 e. The van der Waals surface area contributed by atoms with Gasteiger partial charge in [0.2, 0.25) is 0 Å². The van der Waals surface area contributed by atoms with Crippen LogP contribution in [0.2, 0.25) is 0 Å². The van der Waals surface area contributed by atoms with Gasteiger partial charge in [-0.25, -0.2) is 0 Å². The Bertz CT molecular complexity index is 672. The van der Waals surface area contributed by atoms with Crippen molar-refractivity contribution in [2.75, 3.05) is 0 Å². The van der Waals surface area contributed by atoms with Crippen molar-refractivity contribution in [1.82, 2.24) is 4.98 Å². The van der Waals surface area contributed by atoms with Crippen LogP contribution in [0, 0.1) is 6.92 Å². The summed E-state index contributed by atoms with van der Waals surface area (Å²) in [7, 11) is 0. The van der Waals surface area contributed by atoms with Gasteiger partial charge in [-0.1, -0.05) is 46.8 Å². The highest BCUT2D eigenvalue weighted by molar-refractivity contribution is 5.83. The number of H-pyrrole nitrogens is 1. The van der Waals surface area contributed by atoms with Gasteiger partial charge in [-0.05, 0) is 29.9 Å². The van der Waals surface area contributed by atoms with E-state index < -0.39 is 0 Å². The molecule has 0 radical (unpaired) electrons. The molecule has 0 unspecified atom stereocenters. The van der Waals surface area contributed by atoms with E-state index in [0.717, 1.165) is 22.2 Å². The maximum Gasteiger partial charge on any atom is 0.193 e. The van der Waals surface area contributed by atoms with Crippen LogP contribution in [0.25, 0.3) is 10.9 Å². The number of aromatic amines is 1. The van der Waals surface area contributed by atoms with Crippen LogP contribution in [-0.2, 0) is 5.41 Å². The number of benzene rings is 1. The van der Waals surface area contributed by atoms with Crippen LogP contribution in [0.3, 0.4) is 0 Å². The van der Waals surface area contributed by atoms with Crippen LogP contribution in [-0.4, -0.2) is 4.98 Å². The fraction of sp³-hybridized carbons (Fsp3) is 0.471. The molecule has 0 saturated carbocycles. The third-order valence-corrected chi connectivity index (χ3v) is 3.66. The predicted octanol–water partition coefficient (Wildman–Crippen LogP) is 4.26. The van der Waals surface area contributed by atoms with Crippen molar-refractivity contribution < 1.29 is 0 Å². The molecule has 1 N–H and O–H groups in total. The summed E-state index contributed by atoms with van der Waals surface area (Å²) < 4.78 is 0. The molecule has 0 fully saturated rings. The van der Waals surface area contributed by atoms with Crippen LogP contribution in [0.1, 0.15) is 57.4 Å². The smallest absolute Gasteiger partial charge is 0.193 e. The van der Waals surface area contributed by atoms with E-state index in [2.05, 4.69) is 45.7 Å². The monoisotopic (exact) mass is 257 g/mol. The van der Waals surface area contributed by atoms with Gasteiger partial charge >= 0.3 is 0 Å². The summed E-state index contributed by atoms with van der Waals surface area (Å²) in [5, 5.41) is 0.807. The third-order valence-electron chi connectivity index (χ3n) is 3.66. The van der Waals surface area contributed by atoms with Gasteiger partial charge in [-0.2, -0.15) is 0 Å². The van der Waals surface area contributed by atoms with Crippen molar-refractivity contribution in [3.63, 3.8) is 0 Å². The number of hydrogen-bond acceptors (Lipinski definition) is 1. The highest BCUT2D eigenvalue weighted by Crippen LogP contribution is 2.29. The number of nitrogens with one attached hydrogen (secondary N) is 1. The number of rotatable bonds is 1. The second kappa shape index (κ2) is 4.52. The SMILES string of the molecule is Cc1[nH]c2c(C(C)(C)C)cccc2c(=O)c1C(C)C. The Morgan fingerprint density at radius 3 is 2.32 bits per heavy atom. The van der Waals surface area contributed by atoms with Gasteiger partial charge in [0.05, 0.1) is 5.52 Å². The molecule has 0 atom stereocenters. The van der Waals surface area contributed by atoms with Gasteiger partial charge in [0, 0.05) is 16.6 Å². The van der Waals surface area contributed by atoms with Crippen molar-refractivity contribution in [3.8, 4) is 0 Å². The first kappa shape index (κ1) is 13.9. The normalized spacial score (nSPS) is 12.4. The maximum atomic E-state index is 12.6. The number of para-hydroxylation sites is 1. The molecule has 2 nitrogen and oxygen atoms in total. The van der Waals surface area contributed by atoms with Gasteiger partial charge in [-0.15, -0.1) is 0 Å². The number of aryl methyl sites for hydroxylation is 1. The number of aromatic nitrogens is 1. The van der Waals surface area contributed by atoms with Crippen molar-refractivity contribution in [2.45, 2.75) is 52.9 Å². The zero-order valence-electron chi connectivity index (χ0n) is 12.7. The zero-order valence-corrected chi connectivity index (χ0v) is 12.7. The van der Waals surface area contributed by atoms with Gasteiger partial charge in [-0.3, -0.25) is 4.79 Å². The van der Waals surface area contributed by atoms with E-state index in [9.17, 15) is 4.79 Å². The Balaban J connectivity index is 2.93. The molecule has 2 aromatic rings. The van der Waals surface area contributed by atoms with Gasteiger partial charge < -0.3 is 4.98 Å². The van der Waals surface area contributed by atoms with Gasteiger partial charge in [0.1, 0.15) is 0 Å². The second-order valence-corrected chi connectivity index (χ2v) is 6.63. The summed E-state index contributed by atoms with van der Waals surface area (Å²) in [5.41, 5.74) is 4.27. The lowest BCUT2D eigenvalue weighted by Crippen LogP contribution is -2.18. The van der Waals surface area contributed by atoms with Crippen LogP contribution >= 0.6 is 0 Å². The summed E-state index contributed by atoms with van der Waals surface area (Å²) in [5.74, 6) is 0.242. The number of fused-ring (bicyclic) bond motifs is 1. The van der Waals surface area contributed by atoms with Gasteiger partial charge in [0.25, 0.3) is 0 Å². The lowest BCUT2D eigenvalue weighted by Gasteiger charge is -2.22. The Kier molecular flexibility index (Phi) is 3.29. The van der Waals surface area contributed by atoms with E-state index in [4.69, 9.17) is 0 Å². The van der Waals surface area contributed by atoms with Crippen molar-refractivity contribution in [3.05, 3.63) is 45.2 Å². The average Bonchev–Trinajstić information content (AvgIpc) is 2.26. The predicted molar refractivity (Wildman–Crippen MR) is 82.1 cm³/mol. The third kappa shape index (κ3) is 2.32. The molecule has 102 valence electrons. The summed E-state index contributed by atoms with van der Waals surface area (Å²) in [4.78, 5) is 16.1.